The second-order valence-electron chi connectivity index (χ2n) is 7.75. The summed E-state index contributed by atoms with van der Waals surface area (Å²) in [7, 11) is 3.09. The van der Waals surface area contributed by atoms with Gasteiger partial charge in [0.25, 0.3) is 5.91 Å². The Bertz CT molecular complexity index is 1280. The van der Waals surface area contributed by atoms with Crippen molar-refractivity contribution >= 4 is 11.6 Å². The second-order valence-corrected chi connectivity index (χ2v) is 7.75. The summed E-state index contributed by atoms with van der Waals surface area (Å²) < 4.78 is 14.1. The predicted octanol–water partition coefficient (Wildman–Crippen LogP) is 2.19. The molecule has 1 saturated carbocycles. The Morgan fingerprint density at radius 2 is 1.97 bits per heavy atom. The van der Waals surface area contributed by atoms with Gasteiger partial charge in [-0.25, -0.2) is 9.67 Å². The number of methoxy groups -OCH3 is 2. The molecule has 0 unspecified atom stereocenters. The van der Waals surface area contributed by atoms with Gasteiger partial charge in [-0.15, -0.1) is 5.10 Å². The quantitative estimate of drug-likeness (QED) is 0.454. The van der Waals surface area contributed by atoms with E-state index in [1.165, 1.54) is 18.4 Å². The van der Waals surface area contributed by atoms with E-state index in [0.717, 1.165) is 11.3 Å². The minimum atomic E-state index is -0.336. The van der Waals surface area contributed by atoms with Crippen molar-refractivity contribution in [3.05, 3.63) is 65.6 Å². The van der Waals surface area contributed by atoms with Gasteiger partial charge < -0.3 is 19.2 Å². The Kier molecular flexibility index (Phi) is 5.18. The number of hydrogen-bond donors (Lipinski definition) is 1. The molecule has 0 atom stereocenters. The molecule has 1 amide bonds. The van der Waals surface area contributed by atoms with E-state index in [4.69, 9.17) is 9.47 Å². The summed E-state index contributed by atoms with van der Waals surface area (Å²) in [6, 6.07) is 5.91. The highest BCUT2D eigenvalue weighted by Gasteiger charge is 2.23. The van der Waals surface area contributed by atoms with Crippen LogP contribution < -0.4 is 14.8 Å². The Morgan fingerprint density at radius 3 is 2.75 bits per heavy atom. The monoisotopic (exact) mass is 433 g/mol. The molecule has 10 nitrogen and oxygen atoms in total. The minimum Gasteiger partial charge on any atom is -0.493 e. The predicted molar refractivity (Wildman–Crippen MR) is 115 cm³/mol. The van der Waals surface area contributed by atoms with Crippen LogP contribution in [0.4, 0.5) is 0 Å². The lowest BCUT2D eigenvalue weighted by atomic mass is 10.2. The van der Waals surface area contributed by atoms with E-state index in [9.17, 15) is 4.79 Å². The van der Waals surface area contributed by atoms with Gasteiger partial charge in [0.1, 0.15) is 5.65 Å². The number of rotatable bonds is 8. The zero-order chi connectivity index (χ0) is 22.1. The van der Waals surface area contributed by atoms with Crippen LogP contribution in [0.3, 0.4) is 0 Å². The molecule has 1 aliphatic rings. The van der Waals surface area contributed by atoms with E-state index < -0.39 is 0 Å². The second kappa shape index (κ2) is 8.29. The third-order valence-electron chi connectivity index (χ3n) is 5.43. The number of fused-ring (bicyclic) bond motifs is 1. The highest BCUT2D eigenvalue weighted by molar-refractivity contribution is 5.91. The molecule has 4 aromatic rings. The van der Waals surface area contributed by atoms with Crippen LogP contribution in [-0.2, 0) is 13.1 Å². The van der Waals surface area contributed by atoms with Crippen LogP contribution in [0.15, 0.2) is 43.0 Å². The molecule has 10 heteroatoms. The van der Waals surface area contributed by atoms with E-state index in [2.05, 4.69) is 37.9 Å². The Balaban J connectivity index is 1.22. The number of nitrogens with zero attached hydrogens (tertiary/aromatic N) is 6. The summed E-state index contributed by atoms with van der Waals surface area (Å²) in [5, 5.41) is 10.8. The van der Waals surface area contributed by atoms with Crippen LogP contribution in [0, 0.1) is 0 Å². The maximum Gasteiger partial charge on any atom is 0.273 e. The maximum atomic E-state index is 12.5. The summed E-state index contributed by atoms with van der Waals surface area (Å²) in [5.74, 6) is 1.43. The van der Waals surface area contributed by atoms with Gasteiger partial charge >= 0.3 is 0 Å². The SMILES string of the molecule is COc1cnc(CNC(=O)c2cn(Cc3cn4cc(C5CC5)ccc4n3)nn2)cc1OC. The van der Waals surface area contributed by atoms with E-state index in [1.54, 1.807) is 37.4 Å². The van der Waals surface area contributed by atoms with Crippen molar-refractivity contribution in [3.63, 3.8) is 0 Å². The first-order chi connectivity index (χ1) is 15.6. The molecule has 1 N–H and O–H groups in total. The van der Waals surface area contributed by atoms with Crippen LogP contribution in [0.25, 0.3) is 5.65 Å². The Hall–Kier alpha value is -3.95. The van der Waals surface area contributed by atoms with Crippen LogP contribution in [-0.4, -0.2) is 49.5 Å². The number of amides is 1. The normalized spacial score (nSPS) is 13.3. The molecule has 5 rings (SSSR count). The van der Waals surface area contributed by atoms with Crippen LogP contribution in [0.5, 0.6) is 11.5 Å². The maximum absolute atomic E-state index is 12.5. The van der Waals surface area contributed by atoms with Gasteiger partial charge in [0.2, 0.25) is 0 Å². The first-order valence-corrected chi connectivity index (χ1v) is 10.4. The molecule has 164 valence electrons. The number of hydrogen-bond acceptors (Lipinski definition) is 7. The summed E-state index contributed by atoms with van der Waals surface area (Å²) in [5.41, 5.74) is 3.96. The van der Waals surface area contributed by atoms with Crippen LogP contribution in [0.2, 0.25) is 0 Å². The van der Waals surface area contributed by atoms with Gasteiger partial charge in [-0.05, 0) is 30.4 Å². The molecule has 0 saturated heterocycles. The van der Waals surface area contributed by atoms with E-state index >= 15 is 0 Å². The van der Waals surface area contributed by atoms with Gasteiger partial charge in [-0.3, -0.25) is 9.78 Å². The Labute approximate surface area is 184 Å². The van der Waals surface area contributed by atoms with Gasteiger partial charge in [0.15, 0.2) is 17.2 Å². The molecule has 0 aliphatic heterocycles. The van der Waals surface area contributed by atoms with E-state index in [0.29, 0.717) is 29.7 Å². The molecular formula is C22H23N7O3. The number of imidazole rings is 1. The summed E-state index contributed by atoms with van der Waals surface area (Å²) in [6.45, 7) is 0.653. The average Bonchev–Trinajstić information content (AvgIpc) is 3.43. The molecule has 32 heavy (non-hydrogen) atoms. The van der Waals surface area contributed by atoms with Crippen molar-refractivity contribution < 1.29 is 14.3 Å². The van der Waals surface area contributed by atoms with Crippen molar-refractivity contribution in [2.24, 2.45) is 0 Å². The minimum absolute atomic E-state index is 0.224. The lowest BCUT2D eigenvalue weighted by Crippen LogP contribution is -2.23. The first-order valence-electron chi connectivity index (χ1n) is 10.4. The zero-order valence-corrected chi connectivity index (χ0v) is 17.9. The molecule has 4 heterocycles. The standard InChI is InChI=1S/C22H23N7O3/c1-31-19-7-16(23-9-20(19)32-2)8-24-22(30)18-13-29(27-26-18)12-17-11-28-10-15(14-3-4-14)5-6-21(28)25-17/h5-7,9-11,13-14H,3-4,8,12H2,1-2H3,(H,24,30). The van der Waals surface area contributed by atoms with Crippen molar-refractivity contribution in [2.75, 3.05) is 14.2 Å². The Morgan fingerprint density at radius 1 is 1.12 bits per heavy atom. The number of ether oxygens (including phenoxy) is 2. The molecular weight excluding hydrogens is 410 g/mol. The molecule has 0 aromatic carbocycles. The van der Waals surface area contributed by atoms with Crippen molar-refractivity contribution in [3.8, 4) is 11.5 Å². The molecule has 0 bridgehead atoms. The van der Waals surface area contributed by atoms with Crippen molar-refractivity contribution in [1.29, 1.82) is 0 Å². The number of carbonyl (C=O) groups excluding carboxylic acids is 1. The number of nitrogens with one attached hydrogen (secondary N) is 1. The number of aromatic nitrogens is 6. The summed E-state index contributed by atoms with van der Waals surface area (Å²) in [6.07, 6.45) is 9.82. The van der Waals surface area contributed by atoms with Gasteiger partial charge in [-0.2, -0.15) is 0 Å². The van der Waals surface area contributed by atoms with Crippen LogP contribution in [0.1, 0.15) is 46.2 Å². The molecule has 1 aliphatic carbocycles. The van der Waals surface area contributed by atoms with Crippen molar-refractivity contribution in [2.45, 2.75) is 31.8 Å². The topological polar surface area (TPSA) is 108 Å². The molecule has 0 radical (unpaired) electrons. The van der Waals surface area contributed by atoms with Gasteiger partial charge in [0, 0.05) is 18.5 Å². The largest absolute Gasteiger partial charge is 0.493 e. The third kappa shape index (κ3) is 4.11. The fraction of sp³-hybridized carbons (Fsp3) is 0.318. The third-order valence-corrected chi connectivity index (χ3v) is 5.43. The van der Waals surface area contributed by atoms with Gasteiger partial charge in [-0.1, -0.05) is 11.3 Å². The highest BCUT2D eigenvalue weighted by Crippen LogP contribution is 2.39. The average molecular weight is 433 g/mol. The fourth-order valence-electron chi connectivity index (χ4n) is 3.58. The lowest BCUT2D eigenvalue weighted by Gasteiger charge is -2.09. The highest BCUT2D eigenvalue weighted by atomic mass is 16.5. The summed E-state index contributed by atoms with van der Waals surface area (Å²) in [4.78, 5) is 21.4. The smallest absolute Gasteiger partial charge is 0.273 e. The van der Waals surface area contributed by atoms with E-state index in [-0.39, 0.29) is 18.1 Å². The zero-order valence-electron chi connectivity index (χ0n) is 17.9. The fourth-order valence-corrected chi connectivity index (χ4v) is 3.58. The lowest BCUT2D eigenvalue weighted by molar-refractivity contribution is 0.0945. The molecule has 1 fully saturated rings. The molecule has 0 spiro atoms. The number of pyridine rings is 2. The van der Waals surface area contributed by atoms with Gasteiger partial charge in [0.05, 0.1) is 51.1 Å². The van der Waals surface area contributed by atoms with Crippen LogP contribution >= 0.6 is 0 Å². The molecule has 4 aromatic heterocycles. The van der Waals surface area contributed by atoms with Crippen molar-refractivity contribution in [1.82, 2.24) is 34.7 Å². The number of carbonyl (C=O) groups is 1. The first kappa shape index (κ1) is 20.0. The van der Waals surface area contributed by atoms with E-state index in [1.807, 2.05) is 16.7 Å². The summed E-state index contributed by atoms with van der Waals surface area (Å²) >= 11 is 0.